The van der Waals surface area contributed by atoms with Gasteiger partial charge in [-0.2, -0.15) is 0 Å². The maximum atomic E-state index is 12.0. The predicted octanol–water partition coefficient (Wildman–Crippen LogP) is 4.52. The molecule has 0 saturated heterocycles. The molecule has 1 aromatic carbocycles. The highest BCUT2D eigenvalue weighted by Crippen LogP contribution is 2.14. The van der Waals surface area contributed by atoms with Gasteiger partial charge in [0.25, 0.3) is 0 Å². The Kier molecular flexibility index (Phi) is 8.55. The molecule has 0 heterocycles. The molecule has 0 spiro atoms. The lowest BCUT2D eigenvalue weighted by Crippen LogP contribution is -1.99. The van der Waals surface area contributed by atoms with Crippen LogP contribution in [-0.4, -0.2) is 9.96 Å². The number of unbranched alkanes of at least 4 members (excludes halogenated alkanes) is 7. The highest BCUT2D eigenvalue weighted by Gasteiger charge is 2.03. The third-order valence-electron chi connectivity index (χ3n) is 3.30. The summed E-state index contributed by atoms with van der Waals surface area (Å²) in [6, 6.07) is 7.42. The molecule has 2 nitrogen and oxygen atoms in total. The number of benzene rings is 1. The number of hydrogen-bond acceptors (Lipinski definition) is 2. The molecule has 0 fully saturated rings. The summed E-state index contributed by atoms with van der Waals surface area (Å²) in [5.74, 6) is 0.762. The second kappa shape index (κ2) is 10.0. The van der Waals surface area contributed by atoms with Gasteiger partial charge < -0.3 is 5.73 Å². The Morgan fingerprint density at radius 3 is 2.26 bits per heavy atom. The van der Waals surface area contributed by atoms with Crippen molar-refractivity contribution < 1.29 is 4.21 Å². The molecule has 108 valence electrons. The lowest BCUT2D eigenvalue weighted by molar-refractivity contribution is 0.584. The van der Waals surface area contributed by atoms with Crippen LogP contribution in [0.1, 0.15) is 58.3 Å². The van der Waals surface area contributed by atoms with Crippen molar-refractivity contribution in [2.75, 3.05) is 11.5 Å². The van der Waals surface area contributed by atoms with Crippen molar-refractivity contribution in [1.29, 1.82) is 0 Å². The first-order valence-electron chi connectivity index (χ1n) is 7.48. The highest BCUT2D eigenvalue weighted by atomic mass is 32.2. The topological polar surface area (TPSA) is 43.1 Å². The van der Waals surface area contributed by atoms with E-state index in [1.165, 1.54) is 44.9 Å². The van der Waals surface area contributed by atoms with E-state index in [1.54, 1.807) is 0 Å². The average molecular weight is 281 g/mol. The number of rotatable bonds is 10. The Morgan fingerprint density at radius 1 is 1.00 bits per heavy atom. The summed E-state index contributed by atoms with van der Waals surface area (Å²) in [7, 11) is -0.884. The van der Waals surface area contributed by atoms with Gasteiger partial charge in [0, 0.05) is 16.3 Å². The molecule has 3 heteroatoms. The molecule has 0 radical (unpaired) electrons. The lowest BCUT2D eigenvalue weighted by atomic mass is 10.1. The van der Waals surface area contributed by atoms with E-state index in [1.807, 2.05) is 24.3 Å². The molecule has 0 bridgehead atoms. The summed E-state index contributed by atoms with van der Waals surface area (Å²) in [5.41, 5.74) is 6.39. The highest BCUT2D eigenvalue weighted by molar-refractivity contribution is 7.85. The van der Waals surface area contributed by atoms with E-state index in [9.17, 15) is 4.21 Å². The molecule has 2 N–H and O–H groups in total. The van der Waals surface area contributed by atoms with E-state index in [2.05, 4.69) is 6.92 Å². The van der Waals surface area contributed by atoms with Crippen molar-refractivity contribution in [2.24, 2.45) is 0 Å². The summed E-state index contributed by atoms with van der Waals surface area (Å²) in [5, 5.41) is 0. The number of hydrogen-bond donors (Lipinski definition) is 1. The van der Waals surface area contributed by atoms with Crippen molar-refractivity contribution in [1.82, 2.24) is 0 Å². The molecule has 1 rings (SSSR count). The zero-order valence-corrected chi connectivity index (χ0v) is 12.9. The van der Waals surface area contributed by atoms with Gasteiger partial charge in [-0.05, 0) is 24.6 Å². The number of nitrogens with two attached hydrogens (primary N) is 1. The van der Waals surface area contributed by atoms with Crippen LogP contribution in [0.5, 0.6) is 0 Å². The fraction of sp³-hybridized carbons (Fsp3) is 0.625. The van der Waals surface area contributed by atoms with Gasteiger partial charge in [-0.25, -0.2) is 0 Å². The maximum Gasteiger partial charge on any atom is 0.0530 e. The van der Waals surface area contributed by atoms with E-state index in [-0.39, 0.29) is 0 Å². The molecule has 0 aliphatic heterocycles. The zero-order chi connectivity index (χ0) is 13.9. The van der Waals surface area contributed by atoms with Crippen LogP contribution >= 0.6 is 0 Å². The first kappa shape index (κ1) is 16.2. The molecular weight excluding hydrogens is 254 g/mol. The van der Waals surface area contributed by atoms with Gasteiger partial charge >= 0.3 is 0 Å². The van der Waals surface area contributed by atoms with Crippen LogP contribution in [-0.2, 0) is 10.8 Å². The third kappa shape index (κ3) is 7.36. The fourth-order valence-corrected chi connectivity index (χ4v) is 3.34. The second-order valence-electron chi connectivity index (χ2n) is 5.10. The zero-order valence-electron chi connectivity index (χ0n) is 12.1. The fourth-order valence-electron chi connectivity index (χ4n) is 2.14. The first-order chi connectivity index (χ1) is 9.24. The van der Waals surface area contributed by atoms with E-state index in [4.69, 9.17) is 5.73 Å². The van der Waals surface area contributed by atoms with Crippen molar-refractivity contribution in [3.63, 3.8) is 0 Å². The third-order valence-corrected chi connectivity index (χ3v) is 4.74. The Balaban J connectivity index is 2.08. The molecule has 0 aliphatic carbocycles. The Bertz CT molecular complexity index is 379. The lowest BCUT2D eigenvalue weighted by Gasteiger charge is -2.04. The smallest absolute Gasteiger partial charge is 0.0530 e. The maximum absolute atomic E-state index is 12.0. The summed E-state index contributed by atoms with van der Waals surface area (Å²) in [4.78, 5) is 0.864. The number of anilines is 1. The van der Waals surface area contributed by atoms with Gasteiger partial charge in [0.1, 0.15) is 0 Å². The first-order valence-corrected chi connectivity index (χ1v) is 8.80. The Labute approximate surface area is 120 Å². The molecule has 1 unspecified atom stereocenters. The van der Waals surface area contributed by atoms with Gasteiger partial charge in [-0.1, -0.05) is 57.9 Å². The molecule has 0 saturated carbocycles. The molecule has 1 atom stereocenters. The summed E-state index contributed by atoms with van der Waals surface area (Å²) in [6.45, 7) is 2.24. The van der Waals surface area contributed by atoms with Crippen LogP contribution in [0.4, 0.5) is 5.69 Å². The van der Waals surface area contributed by atoms with Crippen LogP contribution < -0.4 is 5.73 Å². The van der Waals surface area contributed by atoms with Crippen LogP contribution in [0.2, 0.25) is 0 Å². The predicted molar refractivity (Wildman–Crippen MR) is 84.7 cm³/mol. The molecule has 0 aliphatic rings. The minimum Gasteiger partial charge on any atom is -0.399 e. The summed E-state index contributed by atoms with van der Waals surface area (Å²) in [6.07, 6.45) is 10.2. The van der Waals surface area contributed by atoms with Gasteiger partial charge in [0.15, 0.2) is 0 Å². The van der Waals surface area contributed by atoms with E-state index in [0.29, 0.717) is 5.69 Å². The normalized spacial score (nSPS) is 12.5. The van der Waals surface area contributed by atoms with Gasteiger partial charge in [-0.15, -0.1) is 0 Å². The van der Waals surface area contributed by atoms with Crippen molar-refractivity contribution >= 4 is 16.5 Å². The van der Waals surface area contributed by atoms with Crippen LogP contribution in [0.15, 0.2) is 29.2 Å². The van der Waals surface area contributed by atoms with Gasteiger partial charge in [0.05, 0.1) is 10.8 Å². The Morgan fingerprint density at radius 2 is 1.63 bits per heavy atom. The monoisotopic (exact) mass is 281 g/mol. The number of nitrogen functional groups attached to an aromatic ring is 1. The average Bonchev–Trinajstić information content (AvgIpc) is 2.41. The van der Waals surface area contributed by atoms with Crippen LogP contribution in [0, 0.1) is 0 Å². The van der Waals surface area contributed by atoms with Crippen molar-refractivity contribution in [3.05, 3.63) is 24.3 Å². The SMILES string of the molecule is CCCCCCCCCCS(=O)c1cccc(N)c1. The Hall–Kier alpha value is -0.830. The quantitative estimate of drug-likeness (QED) is 0.506. The largest absolute Gasteiger partial charge is 0.399 e. The molecule has 1 aromatic rings. The van der Waals surface area contributed by atoms with Gasteiger partial charge in [-0.3, -0.25) is 4.21 Å². The van der Waals surface area contributed by atoms with E-state index in [0.717, 1.165) is 17.1 Å². The second-order valence-corrected chi connectivity index (χ2v) is 6.67. The van der Waals surface area contributed by atoms with Crippen LogP contribution in [0.25, 0.3) is 0 Å². The minimum atomic E-state index is -0.884. The van der Waals surface area contributed by atoms with E-state index < -0.39 is 10.8 Å². The standard InChI is InChI=1S/C16H27NOS/c1-2-3-4-5-6-7-8-9-13-19(18)16-12-10-11-15(17)14-16/h10-12,14H,2-9,13,17H2,1H3. The molecular formula is C16H27NOS. The molecule has 19 heavy (non-hydrogen) atoms. The molecule has 0 aromatic heterocycles. The van der Waals surface area contributed by atoms with E-state index >= 15 is 0 Å². The van der Waals surface area contributed by atoms with Gasteiger partial charge in [0.2, 0.25) is 0 Å². The van der Waals surface area contributed by atoms with Crippen molar-refractivity contribution in [3.8, 4) is 0 Å². The molecule has 0 amide bonds. The van der Waals surface area contributed by atoms with Crippen molar-refractivity contribution in [2.45, 2.75) is 63.2 Å². The minimum absolute atomic E-state index is 0.696. The summed E-state index contributed by atoms with van der Waals surface area (Å²) >= 11 is 0. The summed E-state index contributed by atoms with van der Waals surface area (Å²) < 4.78 is 12.0. The van der Waals surface area contributed by atoms with Crippen LogP contribution in [0.3, 0.4) is 0 Å².